The fraction of sp³-hybridized carbons (Fsp3) is 0.718. The second-order valence-corrected chi connectivity index (χ2v) is 30.1. The second-order valence-electron chi connectivity index (χ2n) is 30.1. The van der Waals surface area contributed by atoms with Crippen molar-refractivity contribution >= 4 is 53.2 Å². The molecule has 0 spiro atoms. The standard InChI is InChI=1S/C10H20N2O.C8H12N2O.2C8H15NO.C7H14FNO.C7H12FNO.3C7H15NO.2CH4/c1-10(2,3)11-9(13)7-6-8-12(4)5;1-6(5-9)7(11)10-8(2,3)4;2*1-5-6-7(10)9-8(2,3)4;2*1-5(8)6(10)9-7(2,3)4;3*1-5-6(9)8-7(2,3)4;;/h6-7H,8H2,1-5H3,(H,11,13);1H2,2-4H3,(H,10,11);2*5-6H,1-4H3,(H,9,10);5H,1-4H3,(H,9,10);1H2,2-4H3,(H,9,10);3*5H2,1-4H3,(H,8,9);2*1H4/b7-6+;;2*6-5+;;;;;;;. The van der Waals surface area contributed by atoms with Crippen molar-refractivity contribution in [2.75, 3.05) is 20.6 Å². The number of nitrogens with zero attached hydrogens (tertiary/aromatic N) is 2. The molecule has 0 aromatic rings. The maximum atomic E-state index is 12.2. The molecule has 9 N–H and O–H groups in total. The van der Waals surface area contributed by atoms with Crippen LogP contribution in [0.5, 0.6) is 0 Å². The van der Waals surface area contributed by atoms with Gasteiger partial charge in [-0.05, 0) is 234 Å². The van der Waals surface area contributed by atoms with E-state index < -0.39 is 35.3 Å². The van der Waals surface area contributed by atoms with Crippen molar-refractivity contribution in [3.63, 3.8) is 0 Å². The van der Waals surface area contributed by atoms with E-state index in [2.05, 4.69) is 61.0 Å². The third-order valence-corrected chi connectivity index (χ3v) is 7.87. The SMILES string of the molecule is C.C.C/C=C/C(=O)NC(C)(C)C.C/C=C/C(=O)NC(C)(C)C.C=C(C#N)C(=O)NC(C)(C)C.C=C(F)C(=O)NC(C)(C)C.CC(F)C(=O)NC(C)(C)C.CCC(=O)NC(C)(C)C.CCC(=O)NC(C)(C)C.CCC(=O)NC(C)(C)C.CN(C)C/C=C/C(=O)NC(C)(C)C. The normalized spacial score (nSPS) is 11.5. The van der Waals surface area contributed by atoms with E-state index in [4.69, 9.17) is 5.26 Å². The fourth-order valence-electron chi connectivity index (χ4n) is 4.77. The number of halogens is 2. The van der Waals surface area contributed by atoms with E-state index in [0.717, 1.165) is 6.54 Å². The molecule has 0 aliphatic heterocycles. The first-order valence-electron chi connectivity index (χ1n) is 30.6. The van der Waals surface area contributed by atoms with Crippen LogP contribution in [0, 0.1) is 11.3 Å². The zero-order valence-corrected chi connectivity index (χ0v) is 63.6. The van der Waals surface area contributed by atoms with Crippen LogP contribution < -0.4 is 47.9 Å². The van der Waals surface area contributed by atoms with Crippen LogP contribution in [0.15, 0.2) is 61.0 Å². The first-order chi connectivity index (χ1) is 40.1. The third-order valence-electron chi connectivity index (χ3n) is 7.87. The van der Waals surface area contributed by atoms with E-state index >= 15 is 0 Å². The lowest BCUT2D eigenvalue weighted by atomic mass is 10.1. The smallest absolute Gasteiger partial charge is 0.279 e. The Hall–Kier alpha value is -6.76. The minimum atomic E-state index is -1.42. The number of likely N-dealkylation sites (N-methyl/N-ethyl adjacent to an activating group) is 1. The van der Waals surface area contributed by atoms with Gasteiger partial charge in [-0.15, -0.1) is 0 Å². The number of alkyl halides is 1. The van der Waals surface area contributed by atoms with Crippen molar-refractivity contribution in [1.82, 2.24) is 52.8 Å². The molecule has 0 saturated heterocycles. The number of hydrogen-bond acceptors (Lipinski definition) is 11. The first-order valence-corrected chi connectivity index (χ1v) is 30.6. The van der Waals surface area contributed by atoms with Crippen LogP contribution >= 0.6 is 0 Å². The molecule has 548 valence electrons. The third kappa shape index (κ3) is 120. The Morgan fingerprint density at radius 1 is 0.430 bits per heavy atom. The van der Waals surface area contributed by atoms with Gasteiger partial charge in [-0.3, -0.25) is 43.2 Å². The highest BCUT2D eigenvalue weighted by atomic mass is 19.1. The van der Waals surface area contributed by atoms with Gasteiger partial charge in [0.25, 0.3) is 17.7 Å². The quantitative estimate of drug-likeness (QED) is 0.0692. The van der Waals surface area contributed by atoms with Gasteiger partial charge in [0.15, 0.2) is 12.0 Å². The van der Waals surface area contributed by atoms with Crippen molar-refractivity contribution in [1.29, 1.82) is 5.26 Å². The summed E-state index contributed by atoms with van der Waals surface area (Å²) in [7, 11) is 3.93. The topological polar surface area (TPSA) is 289 Å². The lowest BCUT2D eigenvalue weighted by Crippen LogP contribution is -2.43. The van der Waals surface area contributed by atoms with Gasteiger partial charge in [0, 0.05) is 81.7 Å². The Balaban J connectivity index is -0.0000000903. The summed E-state index contributed by atoms with van der Waals surface area (Å²) in [5.41, 5.74) is -1.74. The first kappa shape index (κ1) is 111. The monoisotopic (exact) mass is 1330 g/mol. The Morgan fingerprint density at radius 3 is 0.796 bits per heavy atom. The molecule has 1 atom stereocenters. The molecule has 20 nitrogen and oxygen atoms in total. The van der Waals surface area contributed by atoms with Crippen LogP contribution in [0.1, 0.15) is 263 Å². The molecule has 0 radical (unpaired) electrons. The molecule has 1 unspecified atom stereocenters. The number of hydrogen-bond donors (Lipinski definition) is 9. The van der Waals surface area contributed by atoms with Gasteiger partial charge in [-0.1, -0.05) is 67.0 Å². The van der Waals surface area contributed by atoms with E-state index in [0.29, 0.717) is 19.3 Å². The van der Waals surface area contributed by atoms with Crippen molar-refractivity contribution in [2.45, 2.75) is 319 Å². The van der Waals surface area contributed by atoms with E-state index in [9.17, 15) is 51.9 Å². The maximum Gasteiger partial charge on any atom is 0.279 e. The Labute approximate surface area is 567 Å². The van der Waals surface area contributed by atoms with Crippen LogP contribution in [0.3, 0.4) is 0 Å². The van der Waals surface area contributed by atoms with Gasteiger partial charge >= 0.3 is 0 Å². The van der Waals surface area contributed by atoms with Gasteiger partial charge in [0.1, 0.15) is 11.6 Å². The number of amides is 9. The summed E-state index contributed by atoms with van der Waals surface area (Å²) in [5.74, 6) is -2.40. The molecule has 0 rings (SSSR count). The van der Waals surface area contributed by atoms with Crippen LogP contribution in [0.4, 0.5) is 8.78 Å². The number of carbonyl (C=O) groups excluding carboxylic acids is 9. The van der Waals surface area contributed by atoms with Crippen LogP contribution in [0.2, 0.25) is 0 Å². The largest absolute Gasteiger partial charge is 0.352 e. The summed E-state index contributed by atoms with van der Waals surface area (Å²) in [4.78, 5) is 99.3. The molecule has 0 heterocycles. The molecule has 0 aliphatic carbocycles. The molecular formula is C71H141F2N11O9. The van der Waals surface area contributed by atoms with Crippen LogP contribution in [0.25, 0.3) is 0 Å². The van der Waals surface area contributed by atoms with Gasteiger partial charge in [0.05, 0.1) is 0 Å². The Bertz CT molecular complexity index is 2190. The lowest BCUT2D eigenvalue weighted by Gasteiger charge is -2.20. The highest BCUT2D eigenvalue weighted by Crippen LogP contribution is 2.05. The number of nitriles is 1. The van der Waals surface area contributed by atoms with Crippen molar-refractivity contribution in [3.05, 3.63) is 61.0 Å². The van der Waals surface area contributed by atoms with E-state index in [1.54, 1.807) is 45.1 Å². The summed E-state index contributed by atoms with van der Waals surface area (Å²) in [5, 5.41) is 32.7. The van der Waals surface area contributed by atoms with Crippen LogP contribution in [-0.2, 0) is 43.2 Å². The minimum Gasteiger partial charge on any atom is -0.352 e. The number of nitrogens with one attached hydrogen (secondary N) is 9. The minimum absolute atomic E-state index is 0. The number of rotatable bonds is 11. The van der Waals surface area contributed by atoms with E-state index in [1.807, 2.05) is 226 Å². The molecular weight excluding hydrogens is 1190 g/mol. The van der Waals surface area contributed by atoms with Gasteiger partial charge < -0.3 is 52.8 Å². The molecule has 0 aliphatic rings. The zero-order valence-electron chi connectivity index (χ0n) is 63.6. The van der Waals surface area contributed by atoms with Crippen LogP contribution in [-0.4, -0.2) is 135 Å². The van der Waals surface area contributed by atoms with Crippen molar-refractivity contribution in [3.8, 4) is 6.07 Å². The molecule has 22 heteroatoms. The van der Waals surface area contributed by atoms with Crippen molar-refractivity contribution in [2.24, 2.45) is 0 Å². The fourth-order valence-corrected chi connectivity index (χ4v) is 4.77. The van der Waals surface area contributed by atoms with E-state index in [-0.39, 0.29) is 100 Å². The summed E-state index contributed by atoms with van der Waals surface area (Å²) < 4.78 is 24.2. The predicted molar refractivity (Wildman–Crippen MR) is 388 cm³/mol. The average molecular weight is 1330 g/mol. The molecule has 93 heavy (non-hydrogen) atoms. The summed E-state index contributed by atoms with van der Waals surface area (Å²) in [6.07, 6.45) is 10.2. The molecule has 0 bridgehead atoms. The second kappa shape index (κ2) is 53.6. The zero-order chi connectivity index (χ0) is 75.1. The summed E-state index contributed by atoms with van der Waals surface area (Å²) >= 11 is 0. The van der Waals surface area contributed by atoms with Gasteiger partial charge in [-0.25, -0.2) is 8.78 Å². The molecule has 0 fully saturated rings. The number of carbonyl (C=O) groups is 9. The highest BCUT2D eigenvalue weighted by molar-refractivity contribution is 5.97. The van der Waals surface area contributed by atoms with E-state index in [1.165, 1.54) is 19.1 Å². The van der Waals surface area contributed by atoms with Crippen molar-refractivity contribution < 1.29 is 51.9 Å². The summed E-state index contributed by atoms with van der Waals surface area (Å²) in [6, 6.07) is 1.68. The molecule has 0 aromatic heterocycles. The average Bonchev–Trinajstić information content (AvgIpc) is 3.54. The predicted octanol–water partition coefficient (Wildman–Crippen LogP) is 12.8. The maximum absolute atomic E-state index is 12.2. The number of allylic oxidation sites excluding steroid dienone is 2. The Kier molecular flexibility index (Phi) is 63.8. The highest BCUT2D eigenvalue weighted by Gasteiger charge is 2.20. The molecule has 0 saturated carbocycles. The molecule has 0 aromatic carbocycles. The molecule has 9 amide bonds. The Morgan fingerprint density at radius 2 is 0.656 bits per heavy atom. The van der Waals surface area contributed by atoms with Gasteiger partial charge in [-0.2, -0.15) is 5.26 Å². The lowest BCUT2D eigenvalue weighted by molar-refractivity contribution is -0.127. The summed E-state index contributed by atoms with van der Waals surface area (Å²) in [6.45, 7) is 69.0. The van der Waals surface area contributed by atoms with Gasteiger partial charge in [0.2, 0.25) is 35.4 Å².